The summed E-state index contributed by atoms with van der Waals surface area (Å²) in [6, 6.07) is 17.5. The second-order valence-corrected chi connectivity index (χ2v) is 6.99. The van der Waals surface area contributed by atoms with Crippen LogP contribution in [0, 0.1) is 6.92 Å². The van der Waals surface area contributed by atoms with Crippen LogP contribution in [0.3, 0.4) is 0 Å². The number of nitrogens with zero attached hydrogens (tertiary/aromatic N) is 1. The quantitative estimate of drug-likeness (QED) is 0.567. The maximum Gasteiger partial charge on any atom is 0.103 e. The van der Waals surface area contributed by atoms with E-state index in [-0.39, 0.29) is 0 Å². The van der Waals surface area contributed by atoms with Crippen LogP contribution in [0.5, 0.6) is 0 Å². The van der Waals surface area contributed by atoms with Crippen LogP contribution in [0.15, 0.2) is 70.7 Å². The molecule has 0 fully saturated rings. The van der Waals surface area contributed by atoms with Crippen LogP contribution in [0.25, 0.3) is 0 Å². The van der Waals surface area contributed by atoms with E-state index in [1.165, 1.54) is 0 Å². The van der Waals surface area contributed by atoms with Crippen molar-refractivity contribution in [1.29, 1.82) is 0 Å². The Morgan fingerprint density at radius 3 is 2.39 bits per heavy atom. The molecule has 0 aliphatic carbocycles. The molecule has 23 heavy (non-hydrogen) atoms. The van der Waals surface area contributed by atoms with Crippen molar-refractivity contribution in [1.82, 2.24) is 4.98 Å². The van der Waals surface area contributed by atoms with Crippen LogP contribution in [-0.2, 0) is 0 Å². The van der Waals surface area contributed by atoms with Crippen LogP contribution < -0.4 is 5.32 Å². The zero-order valence-corrected chi connectivity index (χ0v) is 14.7. The molecule has 0 radical (unpaired) electrons. The van der Waals surface area contributed by atoms with Gasteiger partial charge in [0.2, 0.25) is 0 Å². The molecular formula is C18H14Cl2N2S. The topological polar surface area (TPSA) is 24.9 Å². The minimum atomic E-state index is 0.732. The number of halogens is 2. The van der Waals surface area contributed by atoms with Crippen molar-refractivity contribution in [2.45, 2.75) is 16.8 Å². The SMILES string of the molecule is Cc1cc(Cl)ccc1Nc1ccnc(Sc2ccc(Cl)cc2)c1. The molecule has 2 aromatic carbocycles. The molecule has 3 aromatic rings. The second-order valence-electron chi connectivity index (χ2n) is 5.02. The lowest BCUT2D eigenvalue weighted by Gasteiger charge is -2.10. The van der Waals surface area contributed by atoms with Gasteiger partial charge >= 0.3 is 0 Å². The number of hydrogen-bond acceptors (Lipinski definition) is 3. The summed E-state index contributed by atoms with van der Waals surface area (Å²) in [5.41, 5.74) is 3.12. The van der Waals surface area contributed by atoms with Gasteiger partial charge in [0.15, 0.2) is 0 Å². The van der Waals surface area contributed by atoms with E-state index in [0.29, 0.717) is 0 Å². The van der Waals surface area contributed by atoms with E-state index in [2.05, 4.69) is 10.3 Å². The maximum absolute atomic E-state index is 6.00. The summed E-state index contributed by atoms with van der Waals surface area (Å²) in [4.78, 5) is 5.50. The molecule has 0 bridgehead atoms. The van der Waals surface area contributed by atoms with Gasteiger partial charge in [-0.05, 0) is 67.1 Å². The van der Waals surface area contributed by atoms with E-state index >= 15 is 0 Å². The van der Waals surface area contributed by atoms with E-state index in [4.69, 9.17) is 23.2 Å². The molecule has 0 amide bonds. The molecule has 3 rings (SSSR count). The van der Waals surface area contributed by atoms with E-state index < -0.39 is 0 Å². The van der Waals surface area contributed by atoms with Crippen molar-refractivity contribution in [3.8, 4) is 0 Å². The Hall–Kier alpha value is -1.68. The van der Waals surface area contributed by atoms with Gasteiger partial charge in [-0.3, -0.25) is 0 Å². The Morgan fingerprint density at radius 2 is 1.65 bits per heavy atom. The first-order valence-corrected chi connectivity index (χ1v) is 8.60. The first kappa shape index (κ1) is 16.2. The number of hydrogen-bond donors (Lipinski definition) is 1. The number of benzene rings is 2. The lowest BCUT2D eigenvalue weighted by atomic mass is 10.2. The van der Waals surface area contributed by atoms with Gasteiger partial charge in [0.1, 0.15) is 5.03 Å². The largest absolute Gasteiger partial charge is 0.355 e. The summed E-state index contributed by atoms with van der Waals surface area (Å²) in [7, 11) is 0. The van der Waals surface area contributed by atoms with Crippen LogP contribution >= 0.6 is 35.0 Å². The van der Waals surface area contributed by atoms with Gasteiger partial charge in [0, 0.05) is 32.5 Å². The molecule has 0 saturated carbocycles. The highest BCUT2D eigenvalue weighted by molar-refractivity contribution is 7.99. The summed E-state index contributed by atoms with van der Waals surface area (Å²) < 4.78 is 0. The van der Waals surface area contributed by atoms with Gasteiger partial charge in [0.25, 0.3) is 0 Å². The molecule has 2 nitrogen and oxygen atoms in total. The minimum Gasteiger partial charge on any atom is -0.355 e. The van der Waals surface area contributed by atoms with Crippen LogP contribution in [0.4, 0.5) is 11.4 Å². The van der Waals surface area contributed by atoms with Crippen molar-refractivity contribution in [2.24, 2.45) is 0 Å². The maximum atomic E-state index is 6.00. The Labute approximate surface area is 149 Å². The molecule has 1 heterocycles. The lowest BCUT2D eigenvalue weighted by molar-refractivity contribution is 1.13. The molecule has 0 saturated heterocycles. The molecule has 0 aliphatic heterocycles. The molecule has 0 spiro atoms. The zero-order chi connectivity index (χ0) is 16.2. The smallest absolute Gasteiger partial charge is 0.103 e. The number of aryl methyl sites for hydroxylation is 1. The van der Waals surface area contributed by atoms with Gasteiger partial charge < -0.3 is 5.32 Å². The Kier molecular flexibility index (Phi) is 5.11. The molecule has 0 aliphatic rings. The normalized spacial score (nSPS) is 10.6. The van der Waals surface area contributed by atoms with Crippen molar-refractivity contribution in [3.63, 3.8) is 0 Å². The lowest BCUT2D eigenvalue weighted by Crippen LogP contribution is -1.94. The standard InChI is InChI=1S/C18H14Cl2N2S/c1-12-10-14(20)4-7-17(12)22-15-8-9-21-18(11-15)23-16-5-2-13(19)3-6-16/h2-11H,1H3,(H,21,22). The van der Waals surface area contributed by atoms with E-state index in [1.807, 2.05) is 61.5 Å². The predicted octanol–water partition coefficient (Wildman–Crippen LogP) is 6.59. The van der Waals surface area contributed by atoms with Gasteiger partial charge in [-0.25, -0.2) is 4.98 Å². The predicted molar refractivity (Wildman–Crippen MR) is 99.3 cm³/mol. The Balaban J connectivity index is 1.78. The fourth-order valence-electron chi connectivity index (χ4n) is 2.09. The summed E-state index contributed by atoms with van der Waals surface area (Å²) >= 11 is 13.5. The molecule has 116 valence electrons. The Bertz CT molecular complexity index is 820. The Morgan fingerprint density at radius 1 is 0.913 bits per heavy atom. The van der Waals surface area contributed by atoms with Gasteiger partial charge in [0.05, 0.1) is 0 Å². The summed E-state index contributed by atoms with van der Waals surface area (Å²) in [5.74, 6) is 0. The fourth-order valence-corrected chi connectivity index (χ4v) is 3.25. The highest BCUT2D eigenvalue weighted by Gasteiger charge is 2.03. The molecule has 5 heteroatoms. The highest BCUT2D eigenvalue weighted by Crippen LogP contribution is 2.30. The molecular weight excluding hydrogens is 347 g/mol. The van der Waals surface area contributed by atoms with Gasteiger partial charge in [-0.15, -0.1) is 0 Å². The minimum absolute atomic E-state index is 0.732. The molecule has 1 N–H and O–H groups in total. The van der Waals surface area contributed by atoms with E-state index in [0.717, 1.165) is 36.9 Å². The number of aromatic nitrogens is 1. The fraction of sp³-hybridized carbons (Fsp3) is 0.0556. The highest BCUT2D eigenvalue weighted by atomic mass is 35.5. The van der Waals surface area contributed by atoms with Crippen LogP contribution in [0.2, 0.25) is 10.0 Å². The number of nitrogens with one attached hydrogen (secondary N) is 1. The number of pyridine rings is 1. The monoisotopic (exact) mass is 360 g/mol. The van der Waals surface area contributed by atoms with Crippen molar-refractivity contribution in [3.05, 3.63) is 76.4 Å². The van der Waals surface area contributed by atoms with E-state index in [1.54, 1.807) is 18.0 Å². The van der Waals surface area contributed by atoms with Crippen molar-refractivity contribution < 1.29 is 0 Å². The summed E-state index contributed by atoms with van der Waals surface area (Å²) in [6.07, 6.45) is 1.80. The van der Waals surface area contributed by atoms with Crippen molar-refractivity contribution >= 4 is 46.3 Å². The third-order valence-corrected chi connectivity index (χ3v) is 4.67. The third kappa shape index (κ3) is 4.41. The summed E-state index contributed by atoms with van der Waals surface area (Å²) in [6.45, 7) is 2.03. The van der Waals surface area contributed by atoms with Crippen molar-refractivity contribution in [2.75, 3.05) is 5.32 Å². The van der Waals surface area contributed by atoms with Crippen LogP contribution in [0.1, 0.15) is 5.56 Å². The first-order valence-electron chi connectivity index (χ1n) is 7.03. The number of rotatable bonds is 4. The van der Waals surface area contributed by atoms with Crippen LogP contribution in [-0.4, -0.2) is 4.98 Å². The second kappa shape index (κ2) is 7.26. The zero-order valence-electron chi connectivity index (χ0n) is 12.4. The number of anilines is 2. The van der Waals surface area contributed by atoms with Gasteiger partial charge in [-0.2, -0.15) is 0 Å². The first-order chi connectivity index (χ1) is 11.1. The third-order valence-electron chi connectivity index (χ3n) is 3.24. The summed E-state index contributed by atoms with van der Waals surface area (Å²) in [5, 5.41) is 5.79. The average Bonchev–Trinajstić information content (AvgIpc) is 2.53. The molecule has 0 unspecified atom stereocenters. The molecule has 1 aromatic heterocycles. The average molecular weight is 361 g/mol. The molecule has 0 atom stereocenters. The van der Waals surface area contributed by atoms with E-state index in [9.17, 15) is 0 Å². The van der Waals surface area contributed by atoms with Gasteiger partial charge in [-0.1, -0.05) is 35.0 Å².